The van der Waals surface area contributed by atoms with Crippen LogP contribution < -0.4 is 0 Å². The summed E-state index contributed by atoms with van der Waals surface area (Å²) in [6.07, 6.45) is 7.35. The first-order chi connectivity index (χ1) is 15.1. The Kier molecular flexibility index (Phi) is 7.31. The number of aryl methyl sites for hydroxylation is 1. The molecule has 0 saturated carbocycles. The molecule has 0 atom stereocenters. The van der Waals surface area contributed by atoms with Crippen LogP contribution in [0.25, 0.3) is 17.0 Å². The second-order valence-electron chi connectivity index (χ2n) is 10.7. The molecular weight excluding hydrogens is 398 g/mol. The highest BCUT2D eigenvalue weighted by molar-refractivity contribution is 5.80. The SMILES string of the molecule is Cc1ccc2cc(/C=C/C3=C(OCCOCC(C)(C)C)C(=C/C#N)/CC(C)(C)C3)oc2c1. The Hall–Kier alpha value is -2.77. The average molecular weight is 434 g/mol. The number of furan rings is 1. The number of allylic oxidation sites excluding steroid dienone is 4. The summed E-state index contributed by atoms with van der Waals surface area (Å²) in [5.41, 5.74) is 4.26. The molecule has 1 aliphatic rings. The monoisotopic (exact) mass is 433 g/mol. The van der Waals surface area contributed by atoms with Gasteiger partial charge in [-0.3, -0.25) is 0 Å². The molecule has 0 amide bonds. The largest absolute Gasteiger partial charge is 0.491 e. The molecule has 0 unspecified atom stereocenters. The van der Waals surface area contributed by atoms with Crippen LogP contribution in [0.4, 0.5) is 0 Å². The average Bonchev–Trinajstić information content (AvgIpc) is 3.08. The highest BCUT2D eigenvalue weighted by Gasteiger charge is 2.30. The van der Waals surface area contributed by atoms with Crippen LogP contribution >= 0.6 is 0 Å². The minimum absolute atomic E-state index is 0.0446. The highest BCUT2D eigenvalue weighted by atomic mass is 16.5. The van der Waals surface area contributed by atoms with Gasteiger partial charge in [0.1, 0.15) is 23.7 Å². The number of nitrogens with zero attached hydrogens (tertiary/aromatic N) is 1. The molecule has 0 aliphatic heterocycles. The maximum atomic E-state index is 9.34. The van der Waals surface area contributed by atoms with Crippen molar-refractivity contribution in [3.63, 3.8) is 0 Å². The van der Waals surface area contributed by atoms with Gasteiger partial charge in [-0.15, -0.1) is 0 Å². The fourth-order valence-corrected chi connectivity index (χ4v) is 3.98. The van der Waals surface area contributed by atoms with Crippen LogP contribution in [0.1, 0.15) is 58.8 Å². The third-order valence-corrected chi connectivity index (χ3v) is 5.31. The topological polar surface area (TPSA) is 55.4 Å². The van der Waals surface area contributed by atoms with E-state index >= 15 is 0 Å². The molecule has 0 radical (unpaired) electrons. The van der Waals surface area contributed by atoms with Crippen LogP contribution in [-0.2, 0) is 9.47 Å². The lowest BCUT2D eigenvalue weighted by atomic mass is 9.74. The Balaban J connectivity index is 1.84. The van der Waals surface area contributed by atoms with E-state index in [1.807, 2.05) is 12.1 Å². The van der Waals surface area contributed by atoms with Crippen LogP contribution in [0.2, 0.25) is 0 Å². The summed E-state index contributed by atoms with van der Waals surface area (Å²) < 4.78 is 18.0. The van der Waals surface area contributed by atoms with E-state index < -0.39 is 0 Å². The van der Waals surface area contributed by atoms with Crippen molar-refractivity contribution in [3.05, 3.63) is 64.6 Å². The Bertz CT molecular complexity index is 1080. The Labute approximate surface area is 192 Å². The summed E-state index contributed by atoms with van der Waals surface area (Å²) in [7, 11) is 0. The smallest absolute Gasteiger partial charge is 0.135 e. The van der Waals surface area contributed by atoms with E-state index in [1.165, 1.54) is 5.56 Å². The van der Waals surface area contributed by atoms with E-state index in [1.54, 1.807) is 6.08 Å². The molecular formula is C28H35NO3. The number of nitriles is 1. The quantitative estimate of drug-likeness (QED) is 0.338. The number of benzene rings is 1. The first-order valence-electron chi connectivity index (χ1n) is 11.3. The fraction of sp³-hybridized carbons (Fsp3) is 0.464. The summed E-state index contributed by atoms with van der Waals surface area (Å²) in [4.78, 5) is 0. The first kappa shape index (κ1) is 23.9. The maximum absolute atomic E-state index is 9.34. The van der Waals surface area contributed by atoms with Gasteiger partial charge in [-0.2, -0.15) is 5.26 Å². The second kappa shape index (κ2) is 9.79. The zero-order valence-electron chi connectivity index (χ0n) is 20.2. The Morgan fingerprint density at radius 2 is 1.91 bits per heavy atom. The van der Waals surface area contributed by atoms with Crippen molar-refractivity contribution in [1.29, 1.82) is 5.26 Å². The zero-order chi connectivity index (χ0) is 23.4. The van der Waals surface area contributed by atoms with E-state index in [2.05, 4.69) is 71.9 Å². The molecule has 0 fully saturated rings. The van der Waals surface area contributed by atoms with Gasteiger partial charge in [0.05, 0.1) is 19.3 Å². The maximum Gasteiger partial charge on any atom is 0.135 e. The fourth-order valence-electron chi connectivity index (χ4n) is 3.98. The standard InChI is InChI=1S/C28H35NO3/c1-20-7-8-21-16-24(32-25(21)15-20)10-9-22-17-28(5,6)18-23(11-12-29)26(22)31-14-13-30-19-27(2,3)4/h7-11,15-16H,13-14,17-19H2,1-6H3/b10-9+,23-11+. The van der Waals surface area contributed by atoms with Crippen LogP contribution in [0, 0.1) is 29.1 Å². The van der Waals surface area contributed by atoms with Gasteiger partial charge in [0.25, 0.3) is 0 Å². The molecule has 1 aliphatic carbocycles. The van der Waals surface area contributed by atoms with Gasteiger partial charge in [0.15, 0.2) is 0 Å². The molecule has 170 valence electrons. The molecule has 3 rings (SSSR count). The number of hydrogen-bond donors (Lipinski definition) is 0. The predicted molar refractivity (Wildman–Crippen MR) is 130 cm³/mol. The van der Waals surface area contributed by atoms with Crippen molar-refractivity contribution < 1.29 is 13.9 Å². The third-order valence-electron chi connectivity index (χ3n) is 5.31. The molecule has 0 spiro atoms. The van der Waals surface area contributed by atoms with E-state index in [0.29, 0.717) is 19.8 Å². The highest BCUT2D eigenvalue weighted by Crippen LogP contribution is 2.43. The zero-order valence-corrected chi connectivity index (χ0v) is 20.2. The minimum atomic E-state index is 0.0446. The van der Waals surface area contributed by atoms with Crippen LogP contribution in [-0.4, -0.2) is 19.8 Å². The van der Waals surface area contributed by atoms with Crippen LogP contribution in [0.5, 0.6) is 0 Å². The molecule has 0 N–H and O–H groups in total. The summed E-state index contributed by atoms with van der Waals surface area (Å²) >= 11 is 0. The van der Waals surface area contributed by atoms with Gasteiger partial charge in [-0.1, -0.05) is 52.8 Å². The van der Waals surface area contributed by atoms with Gasteiger partial charge < -0.3 is 13.9 Å². The normalized spacial score (nSPS) is 18.0. The first-order valence-corrected chi connectivity index (χ1v) is 11.3. The number of rotatable bonds is 7. The molecule has 0 bridgehead atoms. The number of ether oxygens (including phenoxy) is 2. The Morgan fingerprint density at radius 1 is 1.12 bits per heavy atom. The van der Waals surface area contributed by atoms with Crippen molar-refractivity contribution in [2.75, 3.05) is 19.8 Å². The second-order valence-corrected chi connectivity index (χ2v) is 10.7. The van der Waals surface area contributed by atoms with Gasteiger partial charge >= 0.3 is 0 Å². The molecule has 1 aromatic carbocycles. The third kappa shape index (κ3) is 6.61. The van der Waals surface area contributed by atoms with Crippen molar-refractivity contribution in [1.82, 2.24) is 0 Å². The lowest BCUT2D eigenvalue weighted by Crippen LogP contribution is -2.22. The van der Waals surface area contributed by atoms with E-state index in [0.717, 1.165) is 46.5 Å². The summed E-state index contributed by atoms with van der Waals surface area (Å²) in [5.74, 6) is 1.61. The summed E-state index contributed by atoms with van der Waals surface area (Å²) in [5, 5.41) is 10.4. The predicted octanol–water partition coefficient (Wildman–Crippen LogP) is 7.36. The van der Waals surface area contributed by atoms with Crippen molar-refractivity contribution in [2.24, 2.45) is 10.8 Å². The van der Waals surface area contributed by atoms with Crippen molar-refractivity contribution >= 4 is 17.0 Å². The number of hydrogen-bond acceptors (Lipinski definition) is 4. The van der Waals surface area contributed by atoms with Gasteiger partial charge in [-0.05, 0) is 59.9 Å². The molecule has 32 heavy (non-hydrogen) atoms. The van der Waals surface area contributed by atoms with E-state index in [9.17, 15) is 5.26 Å². The van der Waals surface area contributed by atoms with Crippen molar-refractivity contribution in [2.45, 2.75) is 54.4 Å². The molecule has 1 aromatic heterocycles. The van der Waals surface area contributed by atoms with Gasteiger partial charge in [-0.25, -0.2) is 0 Å². The lowest BCUT2D eigenvalue weighted by molar-refractivity contribution is 0.0364. The van der Waals surface area contributed by atoms with Gasteiger partial charge in [0.2, 0.25) is 0 Å². The van der Waals surface area contributed by atoms with Crippen molar-refractivity contribution in [3.8, 4) is 6.07 Å². The molecule has 0 saturated heterocycles. The Morgan fingerprint density at radius 3 is 2.62 bits per heavy atom. The molecule has 4 heteroatoms. The lowest BCUT2D eigenvalue weighted by Gasteiger charge is -2.33. The van der Waals surface area contributed by atoms with Gasteiger partial charge in [0, 0.05) is 17.0 Å². The summed E-state index contributed by atoms with van der Waals surface area (Å²) in [6.45, 7) is 14.6. The summed E-state index contributed by atoms with van der Waals surface area (Å²) in [6, 6.07) is 10.5. The molecule has 4 nitrogen and oxygen atoms in total. The van der Waals surface area contributed by atoms with E-state index in [-0.39, 0.29) is 10.8 Å². The van der Waals surface area contributed by atoms with Crippen LogP contribution in [0.3, 0.4) is 0 Å². The molecule has 2 aromatic rings. The number of fused-ring (bicyclic) bond motifs is 1. The van der Waals surface area contributed by atoms with Crippen LogP contribution in [0.15, 0.2) is 57.7 Å². The molecule has 1 heterocycles. The minimum Gasteiger partial charge on any atom is -0.491 e. The van der Waals surface area contributed by atoms with E-state index in [4.69, 9.17) is 13.9 Å².